The molecule has 1 aliphatic heterocycles. The smallest absolute Gasteiger partial charge is 0.103 e. The Kier molecular flexibility index (Phi) is 3.83. The lowest BCUT2D eigenvalue weighted by Crippen LogP contribution is -2.31. The fourth-order valence-corrected chi connectivity index (χ4v) is 2.77. The van der Waals surface area contributed by atoms with Crippen molar-refractivity contribution in [1.82, 2.24) is 4.98 Å². The number of aliphatic hydroxyl groups excluding tert-OH is 1. The van der Waals surface area contributed by atoms with Gasteiger partial charge in [-0.05, 0) is 39.2 Å². The summed E-state index contributed by atoms with van der Waals surface area (Å²) in [7, 11) is 0. The van der Waals surface area contributed by atoms with Crippen LogP contribution in [0.3, 0.4) is 0 Å². The average molecular weight is 245 g/mol. The third-order valence-electron chi connectivity index (χ3n) is 3.57. The fraction of sp³-hybridized carbons (Fsp3) is 0.571. The molecule has 1 aliphatic rings. The van der Waals surface area contributed by atoms with Crippen molar-refractivity contribution in [2.24, 2.45) is 0 Å². The third kappa shape index (κ3) is 2.32. The first-order chi connectivity index (χ1) is 8.67. The van der Waals surface area contributed by atoms with Gasteiger partial charge in [0.2, 0.25) is 0 Å². The molecule has 0 saturated carbocycles. The Morgan fingerprint density at radius 3 is 3.00 bits per heavy atom. The lowest BCUT2D eigenvalue weighted by Gasteiger charge is -2.27. The SMILES string of the molecule is Cc1cc(N2CCCC2CCO)c(C#N)c(C)n1. The van der Waals surface area contributed by atoms with E-state index in [1.165, 1.54) is 0 Å². The van der Waals surface area contributed by atoms with E-state index in [0.29, 0.717) is 11.6 Å². The summed E-state index contributed by atoms with van der Waals surface area (Å²) in [5, 5.41) is 18.4. The summed E-state index contributed by atoms with van der Waals surface area (Å²) < 4.78 is 0. The van der Waals surface area contributed by atoms with Crippen LogP contribution in [0.2, 0.25) is 0 Å². The van der Waals surface area contributed by atoms with Gasteiger partial charge >= 0.3 is 0 Å². The molecule has 0 aromatic carbocycles. The number of nitriles is 1. The summed E-state index contributed by atoms with van der Waals surface area (Å²) >= 11 is 0. The van der Waals surface area contributed by atoms with Crippen molar-refractivity contribution in [3.05, 3.63) is 23.0 Å². The highest BCUT2D eigenvalue weighted by Gasteiger charge is 2.26. The molecule has 4 heteroatoms. The molecule has 0 amide bonds. The molecular formula is C14H19N3O. The van der Waals surface area contributed by atoms with Gasteiger partial charge in [-0.2, -0.15) is 5.26 Å². The predicted octanol–water partition coefficient (Wildman–Crippen LogP) is 1.92. The highest BCUT2D eigenvalue weighted by Crippen LogP contribution is 2.31. The molecule has 0 bridgehead atoms. The van der Waals surface area contributed by atoms with E-state index in [1.54, 1.807) is 0 Å². The minimum absolute atomic E-state index is 0.200. The van der Waals surface area contributed by atoms with Gasteiger partial charge in [0.05, 0.1) is 16.9 Å². The minimum Gasteiger partial charge on any atom is -0.396 e. The van der Waals surface area contributed by atoms with E-state index in [1.807, 2.05) is 19.9 Å². The van der Waals surface area contributed by atoms with Gasteiger partial charge in [0, 0.05) is 24.9 Å². The molecule has 1 unspecified atom stereocenters. The van der Waals surface area contributed by atoms with Gasteiger partial charge in [-0.3, -0.25) is 4.98 Å². The van der Waals surface area contributed by atoms with Crippen LogP contribution in [0.25, 0.3) is 0 Å². The van der Waals surface area contributed by atoms with Gasteiger partial charge in [-0.15, -0.1) is 0 Å². The molecule has 1 atom stereocenters. The number of anilines is 1. The maximum atomic E-state index is 9.30. The van der Waals surface area contributed by atoms with Crippen LogP contribution in [0.5, 0.6) is 0 Å². The Labute approximate surface area is 108 Å². The predicted molar refractivity (Wildman–Crippen MR) is 70.5 cm³/mol. The maximum Gasteiger partial charge on any atom is 0.103 e. The number of rotatable bonds is 3. The molecule has 1 aromatic rings. The van der Waals surface area contributed by atoms with Crippen molar-refractivity contribution in [2.45, 2.75) is 39.2 Å². The molecule has 2 heterocycles. The summed E-state index contributed by atoms with van der Waals surface area (Å²) in [5.41, 5.74) is 3.39. The van der Waals surface area contributed by atoms with E-state index >= 15 is 0 Å². The Hall–Kier alpha value is -1.60. The number of aromatic nitrogens is 1. The molecular weight excluding hydrogens is 226 g/mol. The lowest BCUT2D eigenvalue weighted by atomic mass is 10.1. The molecule has 0 aliphatic carbocycles. The molecule has 0 radical (unpaired) electrons. The van der Waals surface area contributed by atoms with Crippen molar-refractivity contribution in [3.63, 3.8) is 0 Å². The summed E-state index contributed by atoms with van der Waals surface area (Å²) in [6, 6.07) is 4.60. The first kappa shape index (κ1) is 12.8. The van der Waals surface area contributed by atoms with E-state index in [-0.39, 0.29) is 6.61 Å². The second kappa shape index (κ2) is 5.36. The number of hydrogen-bond acceptors (Lipinski definition) is 4. The van der Waals surface area contributed by atoms with Gasteiger partial charge in [0.25, 0.3) is 0 Å². The van der Waals surface area contributed by atoms with Crippen LogP contribution < -0.4 is 4.90 Å². The van der Waals surface area contributed by atoms with Crippen LogP contribution in [-0.4, -0.2) is 29.3 Å². The van der Waals surface area contributed by atoms with Crippen LogP contribution in [0.15, 0.2) is 6.07 Å². The second-order valence-electron chi connectivity index (χ2n) is 4.86. The summed E-state index contributed by atoms with van der Waals surface area (Å²) in [6.45, 7) is 5.00. The van der Waals surface area contributed by atoms with Gasteiger partial charge < -0.3 is 10.0 Å². The van der Waals surface area contributed by atoms with Crippen LogP contribution in [-0.2, 0) is 0 Å². The van der Waals surface area contributed by atoms with Crippen LogP contribution >= 0.6 is 0 Å². The van der Waals surface area contributed by atoms with Crippen LogP contribution in [0.4, 0.5) is 5.69 Å². The van der Waals surface area contributed by atoms with E-state index in [2.05, 4.69) is 16.0 Å². The first-order valence-electron chi connectivity index (χ1n) is 6.43. The number of nitrogens with zero attached hydrogens (tertiary/aromatic N) is 3. The van der Waals surface area contributed by atoms with Gasteiger partial charge in [0.15, 0.2) is 0 Å². The van der Waals surface area contributed by atoms with Gasteiger partial charge in [-0.1, -0.05) is 0 Å². The number of aliphatic hydroxyl groups is 1. The monoisotopic (exact) mass is 245 g/mol. The normalized spacial score (nSPS) is 19.0. The zero-order valence-electron chi connectivity index (χ0n) is 11.0. The van der Waals surface area contributed by atoms with E-state index in [4.69, 9.17) is 5.11 Å². The molecule has 18 heavy (non-hydrogen) atoms. The van der Waals surface area contributed by atoms with Crippen molar-refractivity contribution >= 4 is 5.69 Å². The van der Waals surface area contributed by atoms with Crippen molar-refractivity contribution in [2.75, 3.05) is 18.1 Å². The average Bonchev–Trinajstić information content (AvgIpc) is 2.76. The van der Waals surface area contributed by atoms with E-state index < -0.39 is 0 Å². The molecule has 1 saturated heterocycles. The minimum atomic E-state index is 0.200. The van der Waals surface area contributed by atoms with Crippen molar-refractivity contribution < 1.29 is 5.11 Å². The van der Waals surface area contributed by atoms with Gasteiger partial charge in [-0.25, -0.2) is 0 Å². The van der Waals surface area contributed by atoms with Crippen LogP contribution in [0, 0.1) is 25.2 Å². The molecule has 4 nitrogen and oxygen atoms in total. The second-order valence-corrected chi connectivity index (χ2v) is 4.86. The zero-order chi connectivity index (χ0) is 13.1. The number of aryl methyl sites for hydroxylation is 2. The standard InChI is InChI=1S/C14H19N3O/c1-10-8-14(13(9-15)11(2)16-10)17-6-3-4-12(17)5-7-18/h8,12,18H,3-7H2,1-2H3. The largest absolute Gasteiger partial charge is 0.396 e. The third-order valence-corrected chi connectivity index (χ3v) is 3.57. The molecule has 2 rings (SSSR count). The Morgan fingerprint density at radius 1 is 1.56 bits per heavy atom. The van der Waals surface area contributed by atoms with Gasteiger partial charge in [0.1, 0.15) is 6.07 Å². The highest BCUT2D eigenvalue weighted by atomic mass is 16.3. The van der Waals surface area contributed by atoms with Crippen molar-refractivity contribution in [3.8, 4) is 6.07 Å². The van der Waals surface area contributed by atoms with Crippen molar-refractivity contribution in [1.29, 1.82) is 5.26 Å². The topological polar surface area (TPSA) is 60.1 Å². The molecule has 1 aromatic heterocycles. The Morgan fingerprint density at radius 2 is 2.33 bits per heavy atom. The maximum absolute atomic E-state index is 9.30. The molecule has 96 valence electrons. The Bertz CT molecular complexity index is 479. The molecule has 1 fully saturated rings. The molecule has 0 spiro atoms. The summed E-state index contributed by atoms with van der Waals surface area (Å²) in [4.78, 5) is 6.61. The molecule has 1 N–H and O–H groups in total. The Balaban J connectivity index is 2.41. The van der Waals surface area contributed by atoms with Crippen LogP contribution in [0.1, 0.15) is 36.2 Å². The number of hydrogen-bond donors (Lipinski definition) is 1. The highest BCUT2D eigenvalue weighted by molar-refractivity contribution is 5.62. The number of pyridine rings is 1. The summed E-state index contributed by atoms with van der Waals surface area (Å²) in [6.07, 6.45) is 2.98. The zero-order valence-corrected chi connectivity index (χ0v) is 11.0. The fourth-order valence-electron chi connectivity index (χ4n) is 2.77. The first-order valence-corrected chi connectivity index (χ1v) is 6.43. The van der Waals surface area contributed by atoms with E-state index in [9.17, 15) is 5.26 Å². The quantitative estimate of drug-likeness (QED) is 0.883. The van der Waals surface area contributed by atoms with E-state index in [0.717, 1.165) is 42.9 Å². The lowest BCUT2D eigenvalue weighted by molar-refractivity contribution is 0.276. The summed E-state index contributed by atoms with van der Waals surface area (Å²) in [5.74, 6) is 0.